The Kier molecular flexibility index (Phi) is 4.34. The third kappa shape index (κ3) is 3.02. The highest BCUT2D eigenvalue weighted by atomic mass is 35.5. The lowest BCUT2D eigenvalue weighted by atomic mass is 9.66. The lowest BCUT2D eigenvalue weighted by molar-refractivity contribution is 0.194. The maximum Gasteiger partial charge on any atom is 0.261 e. The molecule has 1 aliphatic heterocycles. The molecule has 140 valence electrons. The van der Waals surface area contributed by atoms with Crippen LogP contribution in [0, 0.1) is 18.8 Å². The molecule has 2 aliphatic rings. The van der Waals surface area contributed by atoms with E-state index in [2.05, 4.69) is 16.0 Å². The molecular weight excluding hydrogens is 378 g/mol. The van der Waals surface area contributed by atoms with Crippen molar-refractivity contribution in [2.75, 3.05) is 19.6 Å². The van der Waals surface area contributed by atoms with Crippen molar-refractivity contribution < 1.29 is 0 Å². The van der Waals surface area contributed by atoms with E-state index in [0.29, 0.717) is 5.92 Å². The van der Waals surface area contributed by atoms with E-state index in [1.807, 2.05) is 31.2 Å². The Morgan fingerprint density at radius 1 is 1.26 bits per heavy atom. The number of halogens is 1. The maximum atomic E-state index is 12.8. The van der Waals surface area contributed by atoms with Crippen LogP contribution in [0.25, 0.3) is 5.65 Å². The van der Waals surface area contributed by atoms with Crippen molar-refractivity contribution in [3.05, 3.63) is 67.4 Å². The minimum atomic E-state index is 0.0753. The van der Waals surface area contributed by atoms with Gasteiger partial charge in [-0.1, -0.05) is 17.7 Å². The largest absolute Gasteiger partial charge is 0.302 e. The summed E-state index contributed by atoms with van der Waals surface area (Å²) in [5, 5.41) is 0. The third-order valence-electron chi connectivity index (χ3n) is 6.31. The van der Waals surface area contributed by atoms with Crippen molar-refractivity contribution in [1.29, 1.82) is 0 Å². The van der Waals surface area contributed by atoms with E-state index in [4.69, 9.17) is 11.6 Å². The molecule has 3 aromatic rings. The van der Waals surface area contributed by atoms with Crippen LogP contribution in [0.1, 0.15) is 28.5 Å². The van der Waals surface area contributed by atoms with E-state index >= 15 is 0 Å². The standard InChI is InChI=1S/C21H22ClN3OS/c1-13-15(21(26)25-8-3-2-4-20(25)23-13)7-9-24-11-14-10-16(17(14)12-24)18-5-6-19(22)27-18/h2-6,8,14,16-17H,7,9-12H2,1H3. The van der Waals surface area contributed by atoms with Gasteiger partial charge in [0.05, 0.1) is 4.34 Å². The molecule has 1 saturated heterocycles. The number of nitrogens with zero attached hydrogens (tertiary/aromatic N) is 3. The Morgan fingerprint density at radius 3 is 2.96 bits per heavy atom. The summed E-state index contributed by atoms with van der Waals surface area (Å²) >= 11 is 7.85. The molecule has 0 N–H and O–H groups in total. The van der Waals surface area contributed by atoms with Crippen LogP contribution in [0.5, 0.6) is 0 Å². The molecule has 0 amide bonds. The Labute approximate surface area is 167 Å². The van der Waals surface area contributed by atoms with Crippen molar-refractivity contribution in [3.8, 4) is 0 Å². The van der Waals surface area contributed by atoms with Crippen LogP contribution in [0.4, 0.5) is 0 Å². The maximum absolute atomic E-state index is 12.8. The fourth-order valence-electron chi connectivity index (χ4n) is 4.83. The molecule has 0 bridgehead atoms. The summed E-state index contributed by atoms with van der Waals surface area (Å²) in [6, 6.07) is 9.89. The molecule has 3 aromatic heterocycles. The highest BCUT2D eigenvalue weighted by Crippen LogP contribution is 2.53. The zero-order valence-corrected chi connectivity index (χ0v) is 16.8. The summed E-state index contributed by atoms with van der Waals surface area (Å²) in [7, 11) is 0. The van der Waals surface area contributed by atoms with Gasteiger partial charge in [0.25, 0.3) is 5.56 Å². The molecule has 2 fully saturated rings. The van der Waals surface area contributed by atoms with Crippen LogP contribution in [0.2, 0.25) is 4.34 Å². The first kappa shape index (κ1) is 17.4. The second kappa shape index (κ2) is 6.73. The van der Waals surface area contributed by atoms with Gasteiger partial charge < -0.3 is 4.90 Å². The topological polar surface area (TPSA) is 37.6 Å². The molecule has 0 radical (unpaired) electrons. The fraction of sp³-hybridized carbons (Fsp3) is 0.429. The Balaban J connectivity index is 1.28. The van der Waals surface area contributed by atoms with E-state index < -0.39 is 0 Å². The molecule has 3 unspecified atom stereocenters. The van der Waals surface area contributed by atoms with Gasteiger partial charge in [0.15, 0.2) is 0 Å². The van der Waals surface area contributed by atoms with Crippen LogP contribution >= 0.6 is 22.9 Å². The van der Waals surface area contributed by atoms with Gasteiger partial charge in [-0.15, -0.1) is 11.3 Å². The van der Waals surface area contributed by atoms with Gasteiger partial charge >= 0.3 is 0 Å². The van der Waals surface area contributed by atoms with Gasteiger partial charge in [0.2, 0.25) is 0 Å². The van der Waals surface area contributed by atoms with Crippen molar-refractivity contribution in [2.45, 2.75) is 25.7 Å². The molecular formula is C21H22ClN3OS. The van der Waals surface area contributed by atoms with Crippen molar-refractivity contribution in [2.24, 2.45) is 11.8 Å². The van der Waals surface area contributed by atoms with Crippen LogP contribution in [0.15, 0.2) is 41.3 Å². The van der Waals surface area contributed by atoms with Gasteiger partial charge in [0, 0.05) is 42.0 Å². The van der Waals surface area contributed by atoms with Gasteiger partial charge in [0.1, 0.15) is 5.65 Å². The van der Waals surface area contributed by atoms with E-state index in [-0.39, 0.29) is 5.56 Å². The SMILES string of the molecule is Cc1nc2ccccn2c(=O)c1CCN1CC2CC(c3ccc(Cl)s3)C2C1. The summed E-state index contributed by atoms with van der Waals surface area (Å²) in [5.74, 6) is 2.22. The molecule has 4 nitrogen and oxygen atoms in total. The minimum absolute atomic E-state index is 0.0753. The molecule has 27 heavy (non-hydrogen) atoms. The normalized spacial score (nSPS) is 24.9. The van der Waals surface area contributed by atoms with Crippen molar-refractivity contribution in [3.63, 3.8) is 0 Å². The summed E-state index contributed by atoms with van der Waals surface area (Å²) in [5.41, 5.74) is 2.51. The quantitative estimate of drug-likeness (QED) is 0.665. The number of hydrogen-bond donors (Lipinski definition) is 0. The lowest BCUT2D eigenvalue weighted by Gasteiger charge is -2.39. The zero-order chi connectivity index (χ0) is 18.5. The summed E-state index contributed by atoms with van der Waals surface area (Å²) in [4.78, 5) is 21.4. The summed E-state index contributed by atoms with van der Waals surface area (Å²) in [6.45, 7) is 5.17. The smallest absolute Gasteiger partial charge is 0.261 e. The highest BCUT2D eigenvalue weighted by Gasteiger charge is 2.47. The monoisotopic (exact) mass is 399 g/mol. The van der Waals surface area contributed by atoms with Gasteiger partial charge in [-0.3, -0.25) is 9.20 Å². The first-order valence-corrected chi connectivity index (χ1v) is 10.7. The molecule has 1 saturated carbocycles. The second-order valence-corrected chi connectivity index (χ2v) is 9.57. The minimum Gasteiger partial charge on any atom is -0.302 e. The third-order valence-corrected chi connectivity index (χ3v) is 7.68. The summed E-state index contributed by atoms with van der Waals surface area (Å²) < 4.78 is 2.55. The number of aryl methyl sites for hydroxylation is 1. The number of fused-ring (bicyclic) bond motifs is 2. The number of hydrogen-bond acceptors (Lipinski definition) is 4. The Bertz CT molecular complexity index is 1060. The number of pyridine rings is 1. The average molecular weight is 400 g/mol. The van der Waals surface area contributed by atoms with E-state index in [1.165, 1.54) is 11.3 Å². The van der Waals surface area contributed by atoms with E-state index in [1.54, 1.807) is 21.9 Å². The van der Waals surface area contributed by atoms with Gasteiger partial charge in [-0.25, -0.2) is 4.98 Å². The van der Waals surface area contributed by atoms with Crippen LogP contribution < -0.4 is 5.56 Å². The summed E-state index contributed by atoms with van der Waals surface area (Å²) in [6.07, 6.45) is 3.85. The number of thiophene rings is 1. The van der Waals surface area contributed by atoms with Crippen LogP contribution in [-0.2, 0) is 6.42 Å². The van der Waals surface area contributed by atoms with Crippen molar-refractivity contribution in [1.82, 2.24) is 14.3 Å². The Hall–Kier alpha value is -1.69. The molecule has 1 aliphatic carbocycles. The highest BCUT2D eigenvalue weighted by molar-refractivity contribution is 7.16. The predicted molar refractivity (Wildman–Crippen MR) is 110 cm³/mol. The molecule has 3 atom stereocenters. The lowest BCUT2D eigenvalue weighted by Crippen LogP contribution is -2.32. The van der Waals surface area contributed by atoms with Gasteiger partial charge in [-0.2, -0.15) is 0 Å². The molecule has 6 heteroatoms. The van der Waals surface area contributed by atoms with Crippen LogP contribution in [-0.4, -0.2) is 33.9 Å². The predicted octanol–water partition coefficient (Wildman–Crippen LogP) is 4.00. The number of aromatic nitrogens is 2. The number of likely N-dealkylation sites (tertiary alicyclic amines) is 1. The Morgan fingerprint density at radius 2 is 2.15 bits per heavy atom. The van der Waals surface area contributed by atoms with E-state index in [0.717, 1.165) is 59.1 Å². The molecule has 0 aromatic carbocycles. The van der Waals surface area contributed by atoms with Gasteiger partial charge in [-0.05, 0) is 61.8 Å². The van der Waals surface area contributed by atoms with Crippen molar-refractivity contribution >= 4 is 28.6 Å². The average Bonchev–Trinajstić information content (AvgIpc) is 3.20. The molecule has 4 heterocycles. The first-order chi connectivity index (χ1) is 13.1. The fourth-order valence-corrected chi connectivity index (χ4v) is 6.08. The zero-order valence-electron chi connectivity index (χ0n) is 15.3. The molecule has 0 spiro atoms. The van der Waals surface area contributed by atoms with E-state index in [9.17, 15) is 4.79 Å². The first-order valence-electron chi connectivity index (χ1n) is 9.54. The van der Waals surface area contributed by atoms with Crippen LogP contribution in [0.3, 0.4) is 0 Å². The second-order valence-electron chi connectivity index (χ2n) is 7.83. The number of rotatable bonds is 4. The molecule has 5 rings (SSSR count).